The minimum Gasteiger partial charge on any atom is -0.478 e. The third-order valence-corrected chi connectivity index (χ3v) is 3.73. The molecule has 0 unspecified atom stereocenters. The van der Waals surface area contributed by atoms with Crippen LogP contribution >= 0.6 is 0 Å². The zero-order valence-electron chi connectivity index (χ0n) is 12.0. The molecule has 7 nitrogen and oxygen atoms in total. The van der Waals surface area contributed by atoms with Crippen molar-refractivity contribution in [3.8, 4) is 0 Å². The largest absolute Gasteiger partial charge is 0.478 e. The fourth-order valence-corrected chi connectivity index (χ4v) is 2.51. The molecule has 0 atom stereocenters. The van der Waals surface area contributed by atoms with E-state index >= 15 is 0 Å². The van der Waals surface area contributed by atoms with Crippen LogP contribution in [0.5, 0.6) is 0 Å². The highest BCUT2D eigenvalue weighted by atomic mass is 16.4. The number of carboxylic acid groups (broad SMARTS) is 1. The van der Waals surface area contributed by atoms with Crippen LogP contribution < -0.4 is 0 Å². The Labute approximate surface area is 120 Å². The molecular formula is C14H15N5O2. The van der Waals surface area contributed by atoms with Gasteiger partial charge < -0.3 is 5.11 Å². The first-order valence-electron chi connectivity index (χ1n) is 6.53. The molecule has 7 heteroatoms. The molecule has 0 aliphatic heterocycles. The molecule has 0 amide bonds. The molecule has 0 fully saturated rings. The summed E-state index contributed by atoms with van der Waals surface area (Å²) in [5.41, 5.74) is 4.29. The highest BCUT2D eigenvalue weighted by molar-refractivity contribution is 6.00. The molecule has 3 aromatic rings. The minimum absolute atomic E-state index is 0.205. The minimum atomic E-state index is -0.983. The average molecular weight is 285 g/mol. The van der Waals surface area contributed by atoms with Crippen LogP contribution in [0.2, 0.25) is 0 Å². The van der Waals surface area contributed by atoms with Gasteiger partial charge in [-0.05, 0) is 26.0 Å². The Morgan fingerprint density at radius 1 is 1.33 bits per heavy atom. The zero-order chi connectivity index (χ0) is 15.1. The SMILES string of the molecule is Cc1nn(C)c(C)c1Cn1nnc2cccc(C(=O)O)c21. The maximum Gasteiger partial charge on any atom is 0.337 e. The van der Waals surface area contributed by atoms with Crippen molar-refractivity contribution in [3.63, 3.8) is 0 Å². The van der Waals surface area contributed by atoms with Crippen LogP contribution in [-0.4, -0.2) is 35.9 Å². The lowest BCUT2D eigenvalue weighted by Crippen LogP contribution is -2.07. The van der Waals surface area contributed by atoms with Crippen molar-refractivity contribution in [2.75, 3.05) is 0 Å². The van der Waals surface area contributed by atoms with Gasteiger partial charge in [0.1, 0.15) is 11.0 Å². The number of rotatable bonds is 3. The highest BCUT2D eigenvalue weighted by Gasteiger charge is 2.17. The van der Waals surface area contributed by atoms with Gasteiger partial charge in [-0.3, -0.25) is 4.68 Å². The molecule has 3 rings (SSSR count). The van der Waals surface area contributed by atoms with Gasteiger partial charge in [-0.2, -0.15) is 5.10 Å². The van der Waals surface area contributed by atoms with E-state index in [1.807, 2.05) is 25.6 Å². The summed E-state index contributed by atoms with van der Waals surface area (Å²) in [5.74, 6) is -0.983. The molecule has 108 valence electrons. The van der Waals surface area contributed by atoms with E-state index in [4.69, 9.17) is 0 Å². The second kappa shape index (κ2) is 4.69. The van der Waals surface area contributed by atoms with Gasteiger partial charge in [0, 0.05) is 18.3 Å². The Balaban J connectivity index is 2.15. The number of aromatic carboxylic acids is 1. The second-order valence-electron chi connectivity index (χ2n) is 5.00. The molecule has 1 aromatic carbocycles. The highest BCUT2D eigenvalue weighted by Crippen LogP contribution is 2.20. The fraction of sp³-hybridized carbons (Fsp3) is 0.286. The number of carbonyl (C=O) groups is 1. The van der Waals surface area contributed by atoms with Crippen LogP contribution in [0.1, 0.15) is 27.3 Å². The van der Waals surface area contributed by atoms with Gasteiger partial charge in [0.15, 0.2) is 0 Å². The molecule has 0 aliphatic rings. The van der Waals surface area contributed by atoms with E-state index in [1.54, 1.807) is 22.9 Å². The maximum absolute atomic E-state index is 11.4. The zero-order valence-corrected chi connectivity index (χ0v) is 12.0. The molecule has 2 aromatic heterocycles. The lowest BCUT2D eigenvalue weighted by molar-refractivity contribution is 0.0698. The molecule has 21 heavy (non-hydrogen) atoms. The number of benzene rings is 1. The smallest absolute Gasteiger partial charge is 0.337 e. The number of aryl methyl sites for hydroxylation is 2. The van der Waals surface area contributed by atoms with Crippen molar-refractivity contribution in [2.45, 2.75) is 20.4 Å². The molecular weight excluding hydrogens is 270 g/mol. The summed E-state index contributed by atoms with van der Waals surface area (Å²) in [6, 6.07) is 4.99. The van der Waals surface area contributed by atoms with Crippen LogP contribution in [0.3, 0.4) is 0 Å². The topological polar surface area (TPSA) is 85.8 Å². The first-order chi connectivity index (χ1) is 9.99. The molecule has 0 saturated carbocycles. The Morgan fingerprint density at radius 3 is 2.71 bits per heavy atom. The molecule has 1 N–H and O–H groups in total. The lowest BCUT2D eigenvalue weighted by Gasteiger charge is -2.05. The number of aromatic nitrogens is 5. The Hall–Kier alpha value is -2.70. The van der Waals surface area contributed by atoms with Gasteiger partial charge in [0.25, 0.3) is 0 Å². The van der Waals surface area contributed by atoms with Crippen LogP contribution in [0.25, 0.3) is 11.0 Å². The monoisotopic (exact) mass is 285 g/mol. The van der Waals surface area contributed by atoms with Crippen molar-refractivity contribution in [2.24, 2.45) is 7.05 Å². The molecule has 2 heterocycles. The number of para-hydroxylation sites is 1. The van der Waals surface area contributed by atoms with Crippen molar-refractivity contribution >= 4 is 17.0 Å². The third kappa shape index (κ3) is 2.06. The molecule has 0 radical (unpaired) electrons. The van der Waals surface area contributed by atoms with Crippen LogP contribution in [0, 0.1) is 13.8 Å². The van der Waals surface area contributed by atoms with Gasteiger partial charge in [0.2, 0.25) is 0 Å². The lowest BCUT2D eigenvalue weighted by atomic mass is 10.1. The van der Waals surface area contributed by atoms with Gasteiger partial charge in [0.05, 0.1) is 17.8 Å². The standard InChI is InChI=1S/C14H15N5O2/c1-8-11(9(2)18(3)16-8)7-19-13-10(14(20)21)5-4-6-12(13)15-17-19/h4-6H,7H2,1-3H3,(H,20,21). The first kappa shape index (κ1) is 13.3. The summed E-state index contributed by atoms with van der Waals surface area (Å²) < 4.78 is 3.43. The second-order valence-corrected chi connectivity index (χ2v) is 5.00. The van der Waals surface area contributed by atoms with Gasteiger partial charge in [-0.25, -0.2) is 9.48 Å². The molecule has 0 aliphatic carbocycles. The van der Waals surface area contributed by atoms with Crippen LogP contribution in [0.4, 0.5) is 0 Å². The third-order valence-electron chi connectivity index (χ3n) is 3.73. The molecule has 0 saturated heterocycles. The number of fused-ring (bicyclic) bond motifs is 1. The van der Waals surface area contributed by atoms with E-state index in [-0.39, 0.29) is 5.56 Å². The summed E-state index contributed by atoms with van der Waals surface area (Å²) in [6.45, 7) is 4.36. The summed E-state index contributed by atoms with van der Waals surface area (Å²) in [6.07, 6.45) is 0. The van der Waals surface area contributed by atoms with Crippen LogP contribution in [-0.2, 0) is 13.6 Å². The van der Waals surface area contributed by atoms with Crippen molar-refractivity contribution in [1.82, 2.24) is 24.8 Å². The number of carboxylic acids is 1. The van der Waals surface area contributed by atoms with Gasteiger partial charge in [-0.15, -0.1) is 5.10 Å². The summed E-state index contributed by atoms with van der Waals surface area (Å²) in [5, 5.41) is 21.8. The summed E-state index contributed by atoms with van der Waals surface area (Å²) in [7, 11) is 1.88. The van der Waals surface area contributed by atoms with Gasteiger partial charge in [-0.1, -0.05) is 11.3 Å². The molecule has 0 bridgehead atoms. The Kier molecular flexibility index (Phi) is 2.97. The normalized spacial score (nSPS) is 11.2. The quantitative estimate of drug-likeness (QED) is 0.788. The average Bonchev–Trinajstić information content (AvgIpc) is 2.95. The summed E-state index contributed by atoms with van der Waals surface area (Å²) in [4.78, 5) is 11.4. The number of hydrogen-bond acceptors (Lipinski definition) is 4. The summed E-state index contributed by atoms with van der Waals surface area (Å²) >= 11 is 0. The number of hydrogen-bond donors (Lipinski definition) is 1. The first-order valence-corrected chi connectivity index (χ1v) is 6.53. The Morgan fingerprint density at radius 2 is 2.10 bits per heavy atom. The van der Waals surface area contributed by atoms with Crippen LogP contribution in [0.15, 0.2) is 18.2 Å². The number of nitrogens with zero attached hydrogens (tertiary/aromatic N) is 5. The van der Waals surface area contributed by atoms with E-state index in [0.717, 1.165) is 17.0 Å². The maximum atomic E-state index is 11.4. The van der Waals surface area contributed by atoms with E-state index in [2.05, 4.69) is 15.4 Å². The van der Waals surface area contributed by atoms with E-state index in [9.17, 15) is 9.90 Å². The Bertz CT molecular complexity index is 847. The molecule has 0 spiro atoms. The predicted molar refractivity (Wildman–Crippen MR) is 76.3 cm³/mol. The van der Waals surface area contributed by atoms with Crippen molar-refractivity contribution in [3.05, 3.63) is 40.7 Å². The fourth-order valence-electron chi connectivity index (χ4n) is 2.51. The van der Waals surface area contributed by atoms with E-state index in [0.29, 0.717) is 17.6 Å². The van der Waals surface area contributed by atoms with E-state index in [1.165, 1.54) is 0 Å². The van der Waals surface area contributed by atoms with Crippen molar-refractivity contribution in [1.29, 1.82) is 0 Å². The van der Waals surface area contributed by atoms with E-state index < -0.39 is 5.97 Å². The predicted octanol–water partition coefficient (Wildman–Crippen LogP) is 1.53. The van der Waals surface area contributed by atoms with Gasteiger partial charge >= 0.3 is 5.97 Å². The van der Waals surface area contributed by atoms with Crippen molar-refractivity contribution < 1.29 is 9.90 Å².